The van der Waals surface area contributed by atoms with Crippen molar-refractivity contribution in [1.29, 1.82) is 0 Å². The zero-order chi connectivity index (χ0) is 14.5. The average molecular weight is 288 g/mol. The summed E-state index contributed by atoms with van der Waals surface area (Å²) < 4.78 is 30.2. The number of carboxylic acid groups (broad SMARTS) is 1. The second-order valence-electron chi connectivity index (χ2n) is 3.74. The first-order valence-corrected chi connectivity index (χ1v) is 7.09. The summed E-state index contributed by atoms with van der Waals surface area (Å²) in [5.74, 6) is -0.707. The summed E-state index contributed by atoms with van der Waals surface area (Å²) in [7, 11) is -2.39. The molecule has 0 unspecified atom stereocenters. The molecule has 0 aliphatic carbocycles. The van der Waals surface area contributed by atoms with Gasteiger partial charge in [0.15, 0.2) is 0 Å². The van der Waals surface area contributed by atoms with Crippen molar-refractivity contribution in [2.75, 3.05) is 20.2 Å². The number of ether oxygens (including phenoxy) is 1. The maximum absolute atomic E-state index is 12.1. The minimum atomic E-state index is -3.71. The predicted octanol–water partition coefficient (Wildman–Crippen LogP) is 0.575. The molecule has 19 heavy (non-hydrogen) atoms. The van der Waals surface area contributed by atoms with Gasteiger partial charge in [-0.1, -0.05) is 0 Å². The van der Waals surface area contributed by atoms with E-state index in [2.05, 4.69) is 4.98 Å². The number of carboxylic acids is 1. The van der Waals surface area contributed by atoms with E-state index < -0.39 is 16.0 Å². The van der Waals surface area contributed by atoms with Gasteiger partial charge >= 0.3 is 5.97 Å². The normalized spacial score (nSPS) is 11.5. The molecule has 0 saturated heterocycles. The van der Waals surface area contributed by atoms with Crippen LogP contribution in [-0.4, -0.2) is 49.0 Å². The van der Waals surface area contributed by atoms with Gasteiger partial charge in [0.1, 0.15) is 4.90 Å². The number of rotatable bonds is 7. The summed E-state index contributed by atoms with van der Waals surface area (Å²) in [5, 5.41) is 8.54. The Balaban J connectivity index is 2.84. The SMILES string of the molecule is CCOc1ccc(S(=O)(=O)N(C)CCC(=O)O)cn1. The second-order valence-corrected chi connectivity index (χ2v) is 5.78. The minimum absolute atomic E-state index is 0.00356. The average Bonchev–Trinajstić information content (AvgIpc) is 2.36. The summed E-state index contributed by atoms with van der Waals surface area (Å²) in [6.45, 7) is 2.15. The first kappa shape index (κ1) is 15.4. The Morgan fingerprint density at radius 3 is 2.63 bits per heavy atom. The van der Waals surface area contributed by atoms with Crippen LogP contribution in [0.1, 0.15) is 13.3 Å². The van der Waals surface area contributed by atoms with Crippen molar-refractivity contribution in [1.82, 2.24) is 9.29 Å². The molecule has 0 aliphatic heterocycles. The predicted molar refractivity (Wildman–Crippen MR) is 67.5 cm³/mol. The fourth-order valence-corrected chi connectivity index (χ4v) is 2.42. The van der Waals surface area contributed by atoms with Crippen LogP contribution >= 0.6 is 0 Å². The van der Waals surface area contributed by atoms with Gasteiger partial charge in [-0.25, -0.2) is 17.7 Å². The van der Waals surface area contributed by atoms with Crippen molar-refractivity contribution < 1.29 is 23.1 Å². The Kier molecular flexibility index (Phi) is 5.25. The number of hydrogen-bond acceptors (Lipinski definition) is 5. The summed E-state index contributed by atoms with van der Waals surface area (Å²) in [6, 6.07) is 2.84. The van der Waals surface area contributed by atoms with E-state index in [9.17, 15) is 13.2 Å². The molecule has 0 saturated carbocycles. The molecule has 0 radical (unpaired) electrons. The van der Waals surface area contributed by atoms with Gasteiger partial charge in [-0.15, -0.1) is 0 Å². The Bertz CT molecular complexity index is 527. The lowest BCUT2D eigenvalue weighted by Gasteiger charge is -2.15. The molecule has 1 N–H and O–H groups in total. The first-order chi connectivity index (χ1) is 8.87. The Morgan fingerprint density at radius 1 is 1.47 bits per heavy atom. The molecule has 8 heteroatoms. The van der Waals surface area contributed by atoms with Gasteiger partial charge in [-0.05, 0) is 13.0 Å². The van der Waals surface area contributed by atoms with Gasteiger partial charge in [0.05, 0.1) is 19.2 Å². The summed E-state index contributed by atoms with van der Waals surface area (Å²) in [5.41, 5.74) is 0. The molecule has 0 spiro atoms. The van der Waals surface area contributed by atoms with Crippen LogP contribution in [0.2, 0.25) is 0 Å². The number of pyridine rings is 1. The number of carbonyl (C=O) groups is 1. The summed E-state index contributed by atoms with van der Waals surface area (Å²) in [6.07, 6.45) is 0.942. The molecule has 0 amide bonds. The van der Waals surface area contributed by atoms with E-state index in [1.807, 2.05) is 0 Å². The molecule has 0 aliphatic rings. The zero-order valence-electron chi connectivity index (χ0n) is 10.7. The van der Waals surface area contributed by atoms with Gasteiger partial charge < -0.3 is 9.84 Å². The van der Waals surface area contributed by atoms with Crippen LogP contribution in [0.25, 0.3) is 0 Å². The molecule has 1 heterocycles. The van der Waals surface area contributed by atoms with Gasteiger partial charge in [0.2, 0.25) is 15.9 Å². The minimum Gasteiger partial charge on any atom is -0.481 e. The highest BCUT2D eigenvalue weighted by atomic mass is 32.2. The summed E-state index contributed by atoms with van der Waals surface area (Å²) in [4.78, 5) is 14.3. The molecule has 0 fully saturated rings. The molecule has 1 aromatic heterocycles. The van der Waals surface area contributed by atoms with Crippen LogP contribution in [0.15, 0.2) is 23.2 Å². The molecule has 1 aromatic rings. The van der Waals surface area contributed by atoms with Crippen molar-refractivity contribution in [3.05, 3.63) is 18.3 Å². The van der Waals surface area contributed by atoms with Crippen molar-refractivity contribution >= 4 is 16.0 Å². The van der Waals surface area contributed by atoms with E-state index in [4.69, 9.17) is 9.84 Å². The van der Waals surface area contributed by atoms with Crippen LogP contribution in [0.3, 0.4) is 0 Å². The van der Waals surface area contributed by atoms with Crippen molar-refractivity contribution in [2.24, 2.45) is 0 Å². The van der Waals surface area contributed by atoms with Crippen molar-refractivity contribution in [3.63, 3.8) is 0 Å². The molecular weight excluding hydrogens is 272 g/mol. The van der Waals surface area contributed by atoms with Gasteiger partial charge in [-0.3, -0.25) is 4.79 Å². The van der Waals surface area contributed by atoms with E-state index in [-0.39, 0.29) is 17.9 Å². The van der Waals surface area contributed by atoms with E-state index >= 15 is 0 Å². The molecule has 0 aromatic carbocycles. The smallest absolute Gasteiger partial charge is 0.304 e. The van der Waals surface area contributed by atoms with Gasteiger partial charge in [0, 0.05) is 19.7 Å². The van der Waals surface area contributed by atoms with Crippen LogP contribution in [0.5, 0.6) is 5.88 Å². The standard InChI is InChI=1S/C11H16N2O5S/c1-3-18-10-5-4-9(8-12-10)19(16,17)13(2)7-6-11(14)15/h4-5,8H,3,6-7H2,1-2H3,(H,14,15). The van der Waals surface area contributed by atoms with Crippen molar-refractivity contribution in [3.8, 4) is 5.88 Å². The van der Waals surface area contributed by atoms with E-state index in [0.29, 0.717) is 12.5 Å². The van der Waals surface area contributed by atoms with Crippen LogP contribution in [-0.2, 0) is 14.8 Å². The lowest BCUT2D eigenvalue weighted by atomic mass is 10.4. The lowest BCUT2D eigenvalue weighted by molar-refractivity contribution is -0.137. The summed E-state index contributed by atoms with van der Waals surface area (Å²) >= 11 is 0. The zero-order valence-corrected chi connectivity index (χ0v) is 11.6. The number of sulfonamides is 1. The van der Waals surface area contributed by atoms with E-state index in [0.717, 1.165) is 4.31 Å². The highest BCUT2D eigenvalue weighted by Gasteiger charge is 2.21. The van der Waals surface area contributed by atoms with E-state index in [1.165, 1.54) is 25.4 Å². The monoisotopic (exact) mass is 288 g/mol. The Morgan fingerprint density at radius 2 is 2.16 bits per heavy atom. The number of aliphatic carboxylic acids is 1. The van der Waals surface area contributed by atoms with Crippen molar-refractivity contribution in [2.45, 2.75) is 18.2 Å². The molecule has 0 bridgehead atoms. The number of aromatic nitrogens is 1. The molecule has 1 rings (SSSR count). The third-order valence-electron chi connectivity index (χ3n) is 2.35. The third kappa shape index (κ3) is 4.18. The van der Waals surface area contributed by atoms with Gasteiger partial charge in [-0.2, -0.15) is 0 Å². The Labute approximate surface area is 111 Å². The number of nitrogens with zero attached hydrogens (tertiary/aromatic N) is 2. The number of hydrogen-bond donors (Lipinski definition) is 1. The molecule has 7 nitrogen and oxygen atoms in total. The fraction of sp³-hybridized carbons (Fsp3) is 0.455. The second kappa shape index (κ2) is 6.48. The van der Waals surface area contributed by atoms with Gasteiger partial charge in [0.25, 0.3) is 0 Å². The van der Waals surface area contributed by atoms with E-state index in [1.54, 1.807) is 6.92 Å². The topological polar surface area (TPSA) is 96.8 Å². The van der Waals surface area contributed by atoms with Crippen LogP contribution < -0.4 is 4.74 Å². The van der Waals surface area contributed by atoms with Crippen LogP contribution in [0.4, 0.5) is 0 Å². The molecular formula is C11H16N2O5S. The first-order valence-electron chi connectivity index (χ1n) is 5.65. The maximum Gasteiger partial charge on any atom is 0.304 e. The third-order valence-corrected chi connectivity index (χ3v) is 4.19. The highest BCUT2D eigenvalue weighted by molar-refractivity contribution is 7.89. The molecule has 106 valence electrons. The molecule has 0 atom stereocenters. The highest BCUT2D eigenvalue weighted by Crippen LogP contribution is 2.16. The Hall–Kier alpha value is -1.67. The maximum atomic E-state index is 12.1. The largest absolute Gasteiger partial charge is 0.481 e. The fourth-order valence-electron chi connectivity index (χ4n) is 1.31. The lowest BCUT2D eigenvalue weighted by Crippen LogP contribution is -2.29. The van der Waals surface area contributed by atoms with Crippen LogP contribution in [0, 0.1) is 0 Å². The quantitative estimate of drug-likeness (QED) is 0.788.